The lowest BCUT2D eigenvalue weighted by atomic mass is 10.2. The van der Waals surface area contributed by atoms with E-state index < -0.39 is 0 Å². The van der Waals surface area contributed by atoms with Crippen LogP contribution in [0, 0.1) is 0 Å². The van der Waals surface area contributed by atoms with Crippen LogP contribution in [-0.2, 0) is 0 Å². The average molecular weight is 178 g/mol. The van der Waals surface area contributed by atoms with Gasteiger partial charge in [0.15, 0.2) is 0 Å². The van der Waals surface area contributed by atoms with Crippen LogP contribution in [0.25, 0.3) is 0 Å². The molecule has 0 bridgehead atoms. The second kappa shape index (κ2) is 4.30. The van der Waals surface area contributed by atoms with Gasteiger partial charge in [-0.2, -0.15) is 0 Å². The molecule has 2 rings (SSSR count). The van der Waals surface area contributed by atoms with E-state index in [0.29, 0.717) is 0 Å². The third kappa shape index (κ3) is 2.24. The van der Waals surface area contributed by atoms with Gasteiger partial charge in [0.25, 0.3) is 0 Å². The van der Waals surface area contributed by atoms with Gasteiger partial charge in [-0.3, -0.25) is 0 Å². The van der Waals surface area contributed by atoms with Gasteiger partial charge in [0, 0.05) is 11.1 Å². The van der Waals surface area contributed by atoms with Crippen molar-refractivity contribution in [2.75, 3.05) is 0 Å². The van der Waals surface area contributed by atoms with Crippen LogP contribution < -0.4 is 0 Å². The molecule has 0 amide bonds. The van der Waals surface area contributed by atoms with Gasteiger partial charge < -0.3 is 0 Å². The van der Waals surface area contributed by atoms with Gasteiger partial charge in [0.2, 0.25) is 0 Å². The lowest BCUT2D eigenvalue weighted by molar-refractivity contribution is 1.72. The van der Waals surface area contributed by atoms with E-state index in [1.807, 2.05) is 60.8 Å². The topological polar surface area (TPSA) is 0 Å². The zero-order chi connectivity index (χ0) is 9.64. The molecule has 0 aliphatic heterocycles. The Labute approximate surface area is 84.0 Å². The lowest BCUT2D eigenvalue weighted by Crippen LogP contribution is -1.64. The molecule has 0 aromatic carbocycles. The van der Waals surface area contributed by atoms with E-state index in [-0.39, 0.29) is 0 Å². The Hall–Kier alpha value is -2.00. The van der Waals surface area contributed by atoms with Crippen molar-refractivity contribution < 1.29 is 0 Å². The van der Waals surface area contributed by atoms with Gasteiger partial charge in [-0.1, -0.05) is 47.9 Å². The first-order valence-electron chi connectivity index (χ1n) is 4.57. The second-order valence-corrected chi connectivity index (χ2v) is 2.98. The predicted octanol–water partition coefficient (Wildman–Crippen LogP) is 3.40. The summed E-state index contributed by atoms with van der Waals surface area (Å²) in [4.78, 5) is 0. The maximum Gasteiger partial charge on any atom is 0.0249 e. The molecule has 0 radical (unpaired) electrons. The van der Waals surface area contributed by atoms with Gasteiger partial charge in [-0.15, -0.1) is 0 Å². The third-order valence-corrected chi connectivity index (χ3v) is 1.90. The van der Waals surface area contributed by atoms with Crippen molar-refractivity contribution in [3.05, 3.63) is 83.4 Å². The minimum Gasteiger partial charge on any atom is -0.0622 e. The monoisotopic (exact) mass is 178 g/mol. The first-order valence-corrected chi connectivity index (χ1v) is 4.57. The third-order valence-electron chi connectivity index (χ3n) is 1.90. The fourth-order valence-corrected chi connectivity index (χ4v) is 1.19. The number of allylic oxidation sites excluding steroid dienone is 12. The molecule has 0 aromatic rings. The molecule has 0 N–H and O–H groups in total. The molecule has 0 atom stereocenters. The zero-order valence-corrected chi connectivity index (χ0v) is 7.77. The van der Waals surface area contributed by atoms with E-state index >= 15 is 0 Å². The van der Waals surface area contributed by atoms with Crippen LogP contribution in [-0.4, -0.2) is 0 Å². The lowest BCUT2D eigenvalue weighted by Gasteiger charge is -1.82. The van der Waals surface area contributed by atoms with Crippen LogP contribution in [0.1, 0.15) is 0 Å². The van der Waals surface area contributed by atoms with E-state index in [0.717, 1.165) is 11.1 Å². The van der Waals surface area contributed by atoms with E-state index in [2.05, 4.69) is 11.5 Å². The van der Waals surface area contributed by atoms with E-state index in [4.69, 9.17) is 0 Å². The highest BCUT2D eigenvalue weighted by atomic mass is 13.9. The predicted molar refractivity (Wildman–Crippen MR) is 59.8 cm³/mol. The molecule has 0 unspecified atom stereocenters. The molecule has 2 aliphatic rings. The normalized spacial score (nSPS) is 17.1. The van der Waals surface area contributed by atoms with Crippen LogP contribution in [0.4, 0.5) is 0 Å². The Morgan fingerprint density at radius 3 is 1.29 bits per heavy atom. The fourth-order valence-electron chi connectivity index (χ4n) is 1.19. The Morgan fingerprint density at radius 2 is 0.857 bits per heavy atom. The van der Waals surface area contributed by atoms with Crippen LogP contribution in [0.3, 0.4) is 0 Å². The minimum absolute atomic E-state index is 1.04. The first-order chi connectivity index (χ1) is 6.95. The molecule has 0 nitrogen and oxygen atoms in total. The molecule has 0 saturated carbocycles. The minimum atomic E-state index is 1.04. The van der Waals surface area contributed by atoms with Gasteiger partial charge in [-0.05, 0) is 24.3 Å². The Morgan fingerprint density at radius 1 is 0.500 bits per heavy atom. The molecular formula is C14H10. The van der Waals surface area contributed by atoms with Crippen molar-refractivity contribution in [3.8, 4) is 0 Å². The van der Waals surface area contributed by atoms with Crippen LogP contribution in [0.2, 0.25) is 0 Å². The summed E-state index contributed by atoms with van der Waals surface area (Å²) in [7, 11) is 0. The summed E-state index contributed by atoms with van der Waals surface area (Å²) in [6.45, 7) is 0. The quantitative estimate of drug-likeness (QED) is 0.499. The van der Waals surface area contributed by atoms with Gasteiger partial charge in [-0.25, -0.2) is 0 Å². The second-order valence-electron chi connectivity index (χ2n) is 2.98. The Bertz CT molecular complexity index is 432. The summed E-state index contributed by atoms with van der Waals surface area (Å²) >= 11 is 0. The summed E-state index contributed by atoms with van der Waals surface area (Å²) in [6, 6.07) is 0. The fraction of sp³-hybridized carbons (Fsp3) is 0. The first kappa shape index (κ1) is 8.59. The van der Waals surface area contributed by atoms with Gasteiger partial charge in [0.1, 0.15) is 0 Å². The van der Waals surface area contributed by atoms with Crippen molar-refractivity contribution in [2.45, 2.75) is 0 Å². The van der Waals surface area contributed by atoms with Crippen LogP contribution in [0.5, 0.6) is 0 Å². The van der Waals surface area contributed by atoms with Crippen molar-refractivity contribution in [3.63, 3.8) is 0 Å². The molecule has 2 aliphatic carbocycles. The average Bonchev–Trinajstić information content (AvgIpc) is 2.58. The van der Waals surface area contributed by atoms with Crippen molar-refractivity contribution in [2.24, 2.45) is 0 Å². The summed E-state index contributed by atoms with van der Waals surface area (Å²) < 4.78 is 0. The molecule has 0 fully saturated rings. The number of hydrogen-bond acceptors (Lipinski definition) is 0. The smallest absolute Gasteiger partial charge is 0.0249 e. The molecule has 0 heteroatoms. The highest BCUT2D eigenvalue weighted by Gasteiger charge is 1.87. The summed E-state index contributed by atoms with van der Waals surface area (Å²) in [5.74, 6) is 0. The highest BCUT2D eigenvalue weighted by molar-refractivity contribution is 5.41. The summed E-state index contributed by atoms with van der Waals surface area (Å²) in [5.41, 5.74) is 8.33. The highest BCUT2D eigenvalue weighted by Crippen LogP contribution is 2.06. The number of hydrogen-bond donors (Lipinski definition) is 0. The summed E-state index contributed by atoms with van der Waals surface area (Å²) in [5, 5.41) is 0. The molecule has 0 aromatic heterocycles. The molecule has 0 spiro atoms. The van der Waals surface area contributed by atoms with Crippen molar-refractivity contribution in [1.29, 1.82) is 0 Å². The summed E-state index contributed by atoms with van der Waals surface area (Å²) in [6.07, 6.45) is 20.0. The SMILES string of the molecule is C(=C=C1C=CC=C1)=C1C=CC=CC=C1. The van der Waals surface area contributed by atoms with Crippen LogP contribution >= 0.6 is 0 Å². The Kier molecular flexibility index (Phi) is 2.64. The Balaban J connectivity index is 2.39. The van der Waals surface area contributed by atoms with Crippen LogP contribution in [0.15, 0.2) is 83.4 Å². The molecule has 66 valence electrons. The molecular weight excluding hydrogens is 168 g/mol. The van der Waals surface area contributed by atoms with Crippen molar-refractivity contribution >= 4 is 0 Å². The van der Waals surface area contributed by atoms with E-state index in [9.17, 15) is 0 Å². The largest absolute Gasteiger partial charge is 0.0622 e. The molecule has 0 heterocycles. The molecule has 0 saturated heterocycles. The van der Waals surface area contributed by atoms with Crippen molar-refractivity contribution in [1.82, 2.24) is 0 Å². The molecule has 14 heavy (non-hydrogen) atoms. The van der Waals surface area contributed by atoms with E-state index in [1.54, 1.807) is 0 Å². The number of rotatable bonds is 0. The van der Waals surface area contributed by atoms with E-state index in [1.165, 1.54) is 0 Å². The maximum atomic E-state index is 3.12. The van der Waals surface area contributed by atoms with Gasteiger partial charge in [0.05, 0.1) is 0 Å². The zero-order valence-electron chi connectivity index (χ0n) is 7.77. The van der Waals surface area contributed by atoms with Gasteiger partial charge >= 0.3 is 0 Å². The maximum absolute atomic E-state index is 3.12. The standard InChI is InChI=1S/C14H10/c1-2-4-8-13(7-3-1)11-12-14-9-5-6-10-14/h1-10H.